The van der Waals surface area contributed by atoms with Crippen LogP contribution in [0, 0.1) is 6.92 Å². The Hall–Kier alpha value is -1.51. The van der Waals surface area contributed by atoms with Gasteiger partial charge in [0.2, 0.25) is 5.91 Å². The molecule has 2 aromatic rings. The molecule has 0 aromatic heterocycles. The Labute approximate surface area is 128 Å². The average Bonchev–Trinajstić information content (AvgIpc) is 2.44. The van der Waals surface area contributed by atoms with Crippen molar-refractivity contribution in [3.05, 3.63) is 64.7 Å². The number of carbonyl (C=O) groups is 1. The van der Waals surface area contributed by atoms with E-state index in [1.807, 2.05) is 55.5 Å². The standard InChI is InChI=1S/C16H15Cl2NO/c1-12-4-2-7-15(8-12)19(16(20)10-17)11-13-5-3-6-14(18)9-13/h2-9H,10-11H2,1H3. The van der Waals surface area contributed by atoms with E-state index >= 15 is 0 Å². The van der Waals surface area contributed by atoms with Crippen LogP contribution in [0.1, 0.15) is 11.1 Å². The van der Waals surface area contributed by atoms with Gasteiger partial charge < -0.3 is 4.90 Å². The first kappa shape index (κ1) is 14.9. The third kappa shape index (κ3) is 3.75. The zero-order chi connectivity index (χ0) is 14.5. The molecule has 20 heavy (non-hydrogen) atoms. The third-order valence-corrected chi connectivity index (χ3v) is 3.42. The number of hydrogen-bond acceptors (Lipinski definition) is 1. The third-order valence-electron chi connectivity index (χ3n) is 2.96. The Balaban J connectivity index is 2.31. The zero-order valence-corrected chi connectivity index (χ0v) is 12.7. The molecule has 104 valence electrons. The maximum Gasteiger partial charge on any atom is 0.242 e. The van der Waals surface area contributed by atoms with E-state index in [4.69, 9.17) is 23.2 Å². The number of aryl methyl sites for hydroxylation is 1. The van der Waals surface area contributed by atoms with E-state index in [0.717, 1.165) is 16.8 Å². The van der Waals surface area contributed by atoms with Gasteiger partial charge in [-0.05, 0) is 42.3 Å². The molecule has 0 radical (unpaired) electrons. The molecule has 0 aliphatic carbocycles. The Morgan fingerprint density at radius 1 is 1.15 bits per heavy atom. The molecule has 2 rings (SSSR count). The maximum absolute atomic E-state index is 12.1. The molecular formula is C16H15Cl2NO. The van der Waals surface area contributed by atoms with Crippen molar-refractivity contribution in [2.75, 3.05) is 10.8 Å². The number of halogens is 2. The summed E-state index contributed by atoms with van der Waals surface area (Å²) in [5, 5.41) is 0.657. The predicted molar refractivity (Wildman–Crippen MR) is 84.5 cm³/mol. The fraction of sp³-hybridized carbons (Fsp3) is 0.188. The highest BCUT2D eigenvalue weighted by Gasteiger charge is 2.15. The van der Waals surface area contributed by atoms with Crippen molar-refractivity contribution in [3.63, 3.8) is 0 Å². The highest BCUT2D eigenvalue weighted by atomic mass is 35.5. The maximum atomic E-state index is 12.1. The van der Waals surface area contributed by atoms with Crippen LogP contribution in [0.25, 0.3) is 0 Å². The number of hydrogen-bond donors (Lipinski definition) is 0. The second kappa shape index (κ2) is 6.78. The van der Waals surface area contributed by atoms with Crippen LogP contribution in [-0.2, 0) is 11.3 Å². The summed E-state index contributed by atoms with van der Waals surface area (Å²) in [4.78, 5) is 13.7. The molecule has 0 heterocycles. The van der Waals surface area contributed by atoms with Gasteiger partial charge >= 0.3 is 0 Å². The Morgan fingerprint density at radius 3 is 2.55 bits per heavy atom. The molecule has 4 heteroatoms. The van der Waals surface area contributed by atoms with Crippen molar-refractivity contribution in [1.29, 1.82) is 0 Å². The minimum absolute atomic E-state index is 0.0471. The highest BCUT2D eigenvalue weighted by Crippen LogP contribution is 2.20. The summed E-state index contributed by atoms with van der Waals surface area (Å²) in [7, 11) is 0. The molecule has 0 fully saturated rings. The molecule has 0 spiro atoms. The van der Waals surface area contributed by atoms with Gasteiger partial charge in [0.05, 0.1) is 6.54 Å². The first-order valence-corrected chi connectivity index (χ1v) is 7.19. The lowest BCUT2D eigenvalue weighted by Crippen LogP contribution is -2.31. The van der Waals surface area contributed by atoms with Gasteiger partial charge in [-0.15, -0.1) is 11.6 Å². The number of amides is 1. The quantitative estimate of drug-likeness (QED) is 0.766. The summed E-state index contributed by atoms with van der Waals surface area (Å²) in [6.07, 6.45) is 0. The number of alkyl halides is 1. The van der Waals surface area contributed by atoms with E-state index in [9.17, 15) is 4.79 Å². The van der Waals surface area contributed by atoms with Crippen molar-refractivity contribution in [1.82, 2.24) is 0 Å². The van der Waals surface area contributed by atoms with Crippen LogP contribution >= 0.6 is 23.2 Å². The molecule has 0 saturated heterocycles. The molecule has 0 aliphatic rings. The Kier molecular flexibility index (Phi) is 5.05. The van der Waals surface area contributed by atoms with Gasteiger partial charge in [0, 0.05) is 10.7 Å². The number of anilines is 1. The number of benzene rings is 2. The van der Waals surface area contributed by atoms with Crippen LogP contribution in [0.3, 0.4) is 0 Å². The predicted octanol–water partition coefficient (Wildman–Crippen LogP) is 4.42. The van der Waals surface area contributed by atoms with Crippen LogP contribution in [0.5, 0.6) is 0 Å². The van der Waals surface area contributed by atoms with Gasteiger partial charge in [-0.1, -0.05) is 35.9 Å². The molecule has 0 saturated carbocycles. The fourth-order valence-electron chi connectivity index (χ4n) is 2.01. The topological polar surface area (TPSA) is 20.3 Å². The first-order chi connectivity index (χ1) is 9.60. The molecule has 0 aliphatic heterocycles. The number of nitrogens with zero attached hydrogens (tertiary/aromatic N) is 1. The second-order valence-electron chi connectivity index (χ2n) is 4.58. The van der Waals surface area contributed by atoms with Crippen molar-refractivity contribution in [2.24, 2.45) is 0 Å². The number of carbonyl (C=O) groups excluding carboxylic acids is 1. The van der Waals surface area contributed by atoms with E-state index in [1.165, 1.54) is 0 Å². The number of rotatable bonds is 4. The molecule has 1 amide bonds. The van der Waals surface area contributed by atoms with Crippen molar-refractivity contribution < 1.29 is 4.79 Å². The van der Waals surface area contributed by atoms with E-state index in [2.05, 4.69) is 0 Å². The molecule has 0 bridgehead atoms. The normalized spacial score (nSPS) is 10.3. The van der Waals surface area contributed by atoms with Crippen molar-refractivity contribution >= 4 is 34.8 Å². The summed E-state index contributed by atoms with van der Waals surface area (Å²) in [5.41, 5.74) is 2.91. The zero-order valence-electron chi connectivity index (χ0n) is 11.1. The largest absolute Gasteiger partial charge is 0.307 e. The van der Waals surface area contributed by atoms with E-state index in [-0.39, 0.29) is 11.8 Å². The fourth-order valence-corrected chi connectivity index (χ4v) is 2.37. The first-order valence-electron chi connectivity index (χ1n) is 6.27. The second-order valence-corrected chi connectivity index (χ2v) is 5.29. The van der Waals surface area contributed by atoms with Gasteiger partial charge in [-0.25, -0.2) is 0 Å². The summed E-state index contributed by atoms with van der Waals surface area (Å²) >= 11 is 11.7. The van der Waals surface area contributed by atoms with Gasteiger partial charge in [0.1, 0.15) is 5.88 Å². The highest BCUT2D eigenvalue weighted by molar-refractivity contribution is 6.30. The minimum Gasteiger partial charge on any atom is -0.307 e. The molecule has 0 atom stereocenters. The van der Waals surface area contributed by atoms with Gasteiger partial charge in [0.25, 0.3) is 0 Å². The smallest absolute Gasteiger partial charge is 0.242 e. The lowest BCUT2D eigenvalue weighted by atomic mass is 10.1. The van der Waals surface area contributed by atoms with Crippen molar-refractivity contribution in [2.45, 2.75) is 13.5 Å². The Bertz CT molecular complexity index is 613. The van der Waals surface area contributed by atoms with Crippen LogP contribution in [0.15, 0.2) is 48.5 Å². The van der Waals surface area contributed by atoms with Crippen LogP contribution in [0.2, 0.25) is 5.02 Å². The van der Waals surface area contributed by atoms with E-state index in [1.54, 1.807) is 4.90 Å². The van der Waals surface area contributed by atoms with Crippen LogP contribution < -0.4 is 4.90 Å². The molecular weight excluding hydrogens is 293 g/mol. The summed E-state index contributed by atoms with van der Waals surface area (Å²) in [5.74, 6) is -0.175. The SMILES string of the molecule is Cc1cccc(N(Cc2cccc(Cl)c2)C(=O)CCl)c1. The van der Waals surface area contributed by atoms with Gasteiger partial charge in [-0.3, -0.25) is 4.79 Å². The monoisotopic (exact) mass is 307 g/mol. The van der Waals surface area contributed by atoms with Crippen LogP contribution in [-0.4, -0.2) is 11.8 Å². The van der Waals surface area contributed by atoms with Gasteiger partial charge in [0.15, 0.2) is 0 Å². The molecule has 2 aromatic carbocycles. The Morgan fingerprint density at radius 2 is 1.90 bits per heavy atom. The van der Waals surface area contributed by atoms with E-state index < -0.39 is 0 Å². The minimum atomic E-state index is -0.128. The lowest BCUT2D eigenvalue weighted by molar-refractivity contribution is -0.116. The molecule has 2 nitrogen and oxygen atoms in total. The summed E-state index contributed by atoms with van der Waals surface area (Å²) < 4.78 is 0. The summed E-state index contributed by atoms with van der Waals surface area (Å²) in [6, 6.07) is 15.3. The van der Waals surface area contributed by atoms with Crippen LogP contribution in [0.4, 0.5) is 5.69 Å². The summed E-state index contributed by atoms with van der Waals surface area (Å²) in [6.45, 7) is 2.45. The molecule has 0 unspecified atom stereocenters. The lowest BCUT2D eigenvalue weighted by Gasteiger charge is -2.22. The average molecular weight is 308 g/mol. The van der Waals surface area contributed by atoms with Crippen molar-refractivity contribution in [3.8, 4) is 0 Å². The molecule has 0 N–H and O–H groups in total. The van der Waals surface area contributed by atoms with Gasteiger partial charge in [-0.2, -0.15) is 0 Å². The van der Waals surface area contributed by atoms with E-state index in [0.29, 0.717) is 11.6 Å².